The zero-order chi connectivity index (χ0) is 24.2. The van der Waals surface area contributed by atoms with Gasteiger partial charge in [-0.3, -0.25) is 14.5 Å². The van der Waals surface area contributed by atoms with E-state index in [0.29, 0.717) is 36.4 Å². The van der Waals surface area contributed by atoms with Crippen molar-refractivity contribution in [1.82, 2.24) is 4.90 Å². The molecule has 5 heteroatoms. The maximum Gasteiger partial charge on any atom is 0.278 e. The highest BCUT2D eigenvalue weighted by Gasteiger charge is 2.39. The molecule has 35 heavy (non-hydrogen) atoms. The monoisotopic (exact) mass is 462 g/mol. The fourth-order valence-corrected chi connectivity index (χ4v) is 4.40. The second kappa shape index (κ2) is 9.85. The number of amides is 2. The zero-order valence-corrected chi connectivity index (χ0v) is 19.5. The van der Waals surface area contributed by atoms with Gasteiger partial charge in [0.25, 0.3) is 11.8 Å². The number of hydrogen-bond donors (Lipinski definition) is 1. The van der Waals surface area contributed by atoms with Gasteiger partial charge in [0.15, 0.2) is 0 Å². The van der Waals surface area contributed by atoms with E-state index in [1.807, 2.05) is 104 Å². The zero-order valence-electron chi connectivity index (χ0n) is 19.5. The maximum atomic E-state index is 13.6. The maximum absolute atomic E-state index is 13.6. The van der Waals surface area contributed by atoms with Crippen LogP contribution in [0.2, 0.25) is 0 Å². The summed E-state index contributed by atoms with van der Waals surface area (Å²) >= 11 is 0. The molecule has 0 radical (unpaired) electrons. The summed E-state index contributed by atoms with van der Waals surface area (Å²) < 4.78 is 5.56. The predicted octanol–water partition coefficient (Wildman–Crippen LogP) is 5.67. The quantitative estimate of drug-likeness (QED) is 0.343. The van der Waals surface area contributed by atoms with Crippen LogP contribution in [0.5, 0.6) is 5.75 Å². The lowest BCUT2D eigenvalue weighted by Crippen LogP contribution is -2.34. The SMILES string of the molecule is CCOc1ccc(C2=C(Nc3cccc4ccccc34)C(=O)N(CCc3ccccc3)C2=O)cc1. The number of carbonyl (C=O) groups excluding carboxylic acids is 2. The number of anilines is 1. The van der Waals surface area contributed by atoms with E-state index in [1.54, 1.807) is 0 Å². The molecular weight excluding hydrogens is 436 g/mol. The van der Waals surface area contributed by atoms with E-state index in [0.717, 1.165) is 27.8 Å². The molecule has 0 unspecified atom stereocenters. The highest BCUT2D eigenvalue weighted by Crippen LogP contribution is 2.33. The molecule has 4 aromatic rings. The summed E-state index contributed by atoms with van der Waals surface area (Å²) in [5, 5.41) is 5.35. The minimum absolute atomic E-state index is 0.294. The molecule has 5 rings (SSSR count). The minimum atomic E-state index is -0.317. The number of rotatable bonds is 8. The molecule has 0 aromatic heterocycles. The Kier molecular flexibility index (Phi) is 6.31. The van der Waals surface area contributed by atoms with Crippen LogP contribution in [0.4, 0.5) is 5.69 Å². The van der Waals surface area contributed by atoms with E-state index in [4.69, 9.17) is 4.74 Å². The van der Waals surface area contributed by atoms with Crippen molar-refractivity contribution in [2.24, 2.45) is 0 Å². The van der Waals surface area contributed by atoms with Gasteiger partial charge in [-0.05, 0) is 48.1 Å². The Bertz CT molecular complexity index is 1400. The van der Waals surface area contributed by atoms with Crippen molar-refractivity contribution < 1.29 is 14.3 Å². The first kappa shape index (κ1) is 22.4. The van der Waals surface area contributed by atoms with E-state index in [-0.39, 0.29) is 11.8 Å². The Balaban J connectivity index is 1.52. The average molecular weight is 463 g/mol. The standard InChI is InChI=1S/C30H26N2O3/c1-2-35-24-17-15-23(16-18-24)27-28(31-26-14-8-12-22-11-6-7-13-25(22)26)30(34)32(29(27)33)20-19-21-9-4-3-5-10-21/h3-18,31H,2,19-20H2,1H3. The van der Waals surface area contributed by atoms with Crippen molar-refractivity contribution in [3.63, 3.8) is 0 Å². The number of carbonyl (C=O) groups is 2. The van der Waals surface area contributed by atoms with Crippen LogP contribution in [0, 0.1) is 0 Å². The number of benzene rings is 4. The second-order valence-corrected chi connectivity index (χ2v) is 8.36. The van der Waals surface area contributed by atoms with Gasteiger partial charge in [-0.15, -0.1) is 0 Å². The fraction of sp³-hybridized carbons (Fsp3) is 0.133. The molecule has 1 N–H and O–H groups in total. The van der Waals surface area contributed by atoms with Crippen molar-refractivity contribution in [2.75, 3.05) is 18.5 Å². The fourth-order valence-electron chi connectivity index (χ4n) is 4.40. The molecule has 5 nitrogen and oxygen atoms in total. The highest BCUT2D eigenvalue weighted by molar-refractivity contribution is 6.36. The summed E-state index contributed by atoms with van der Waals surface area (Å²) in [6.45, 7) is 2.79. The van der Waals surface area contributed by atoms with E-state index >= 15 is 0 Å². The molecule has 0 spiro atoms. The third kappa shape index (κ3) is 4.53. The summed E-state index contributed by atoms with van der Waals surface area (Å²) in [7, 11) is 0. The van der Waals surface area contributed by atoms with Gasteiger partial charge >= 0.3 is 0 Å². The summed E-state index contributed by atoms with van der Waals surface area (Å²) in [6, 6.07) is 31.0. The second-order valence-electron chi connectivity index (χ2n) is 8.36. The van der Waals surface area contributed by atoms with Crippen LogP contribution in [0.25, 0.3) is 16.3 Å². The molecule has 2 amide bonds. The normalized spacial score (nSPS) is 13.6. The van der Waals surface area contributed by atoms with Gasteiger partial charge in [0.1, 0.15) is 11.4 Å². The molecule has 0 bridgehead atoms. The molecule has 0 atom stereocenters. The Morgan fingerprint density at radius 1 is 0.771 bits per heavy atom. The Morgan fingerprint density at radius 2 is 1.49 bits per heavy atom. The van der Waals surface area contributed by atoms with Gasteiger partial charge in [0.05, 0.1) is 12.2 Å². The molecule has 0 saturated heterocycles. The van der Waals surface area contributed by atoms with Gasteiger partial charge in [0.2, 0.25) is 0 Å². The minimum Gasteiger partial charge on any atom is -0.494 e. The number of nitrogens with one attached hydrogen (secondary N) is 1. The van der Waals surface area contributed by atoms with Crippen molar-refractivity contribution in [2.45, 2.75) is 13.3 Å². The molecular formula is C30H26N2O3. The lowest BCUT2D eigenvalue weighted by Gasteiger charge is -2.15. The molecule has 0 saturated carbocycles. The molecule has 174 valence electrons. The Morgan fingerprint density at radius 3 is 2.26 bits per heavy atom. The van der Waals surface area contributed by atoms with E-state index < -0.39 is 0 Å². The molecule has 1 aliphatic rings. The van der Waals surface area contributed by atoms with Crippen LogP contribution >= 0.6 is 0 Å². The van der Waals surface area contributed by atoms with Crippen molar-refractivity contribution in [3.05, 3.63) is 114 Å². The third-order valence-corrected chi connectivity index (χ3v) is 6.14. The number of ether oxygens (including phenoxy) is 1. The first-order valence-corrected chi connectivity index (χ1v) is 11.8. The van der Waals surface area contributed by atoms with Crippen molar-refractivity contribution in [1.29, 1.82) is 0 Å². The number of imide groups is 1. The number of nitrogens with zero attached hydrogens (tertiary/aromatic N) is 1. The highest BCUT2D eigenvalue weighted by atomic mass is 16.5. The van der Waals surface area contributed by atoms with E-state index in [2.05, 4.69) is 5.32 Å². The van der Waals surface area contributed by atoms with Gasteiger partial charge in [0, 0.05) is 17.6 Å². The largest absolute Gasteiger partial charge is 0.494 e. The predicted molar refractivity (Wildman–Crippen MR) is 139 cm³/mol. The average Bonchev–Trinajstić information content (AvgIpc) is 3.13. The lowest BCUT2D eigenvalue weighted by atomic mass is 10.0. The van der Waals surface area contributed by atoms with Crippen LogP contribution in [0.15, 0.2) is 103 Å². The smallest absolute Gasteiger partial charge is 0.278 e. The molecule has 1 aliphatic heterocycles. The topological polar surface area (TPSA) is 58.6 Å². The van der Waals surface area contributed by atoms with Gasteiger partial charge in [-0.1, -0.05) is 78.9 Å². The molecule has 0 fully saturated rings. The molecule has 4 aromatic carbocycles. The number of fused-ring (bicyclic) bond motifs is 1. The van der Waals surface area contributed by atoms with Crippen LogP contribution in [-0.4, -0.2) is 29.9 Å². The summed E-state index contributed by atoms with van der Waals surface area (Å²) in [5.74, 6) is 0.110. The van der Waals surface area contributed by atoms with E-state index in [1.165, 1.54) is 4.90 Å². The third-order valence-electron chi connectivity index (χ3n) is 6.14. The summed E-state index contributed by atoms with van der Waals surface area (Å²) in [6.07, 6.45) is 0.594. The van der Waals surface area contributed by atoms with Gasteiger partial charge in [-0.25, -0.2) is 0 Å². The van der Waals surface area contributed by atoms with Crippen LogP contribution in [0.3, 0.4) is 0 Å². The molecule has 0 aliphatic carbocycles. The Hall–Kier alpha value is -4.38. The van der Waals surface area contributed by atoms with Crippen molar-refractivity contribution >= 4 is 33.8 Å². The van der Waals surface area contributed by atoms with Crippen LogP contribution in [-0.2, 0) is 16.0 Å². The first-order valence-electron chi connectivity index (χ1n) is 11.8. The summed E-state index contributed by atoms with van der Waals surface area (Å²) in [4.78, 5) is 28.5. The first-order chi connectivity index (χ1) is 17.2. The lowest BCUT2D eigenvalue weighted by molar-refractivity contribution is -0.136. The van der Waals surface area contributed by atoms with Crippen LogP contribution < -0.4 is 10.1 Å². The van der Waals surface area contributed by atoms with Crippen LogP contribution in [0.1, 0.15) is 18.1 Å². The van der Waals surface area contributed by atoms with Gasteiger partial charge < -0.3 is 10.1 Å². The van der Waals surface area contributed by atoms with Gasteiger partial charge in [-0.2, -0.15) is 0 Å². The van der Waals surface area contributed by atoms with Crippen molar-refractivity contribution in [3.8, 4) is 5.75 Å². The van der Waals surface area contributed by atoms with E-state index in [9.17, 15) is 9.59 Å². The summed E-state index contributed by atoms with van der Waals surface area (Å²) in [5.41, 5.74) is 3.21. The molecule has 1 heterocycles. The number of hydrogen-bond acceptors (Lipinski definition) is 4. The Labute approximate surface area is 204 Å².